The summed E-state index contributed by atoms with van der Waals surface area (Å²) in [6, 6.07) is 0.593. The molecule has 104 valence electrons. The van der Waals surface area contributed by atoms with E-state index in [9.17, 15) is 5.11 Å². The highest BCUT2D eigenvalue weighted by Crippen LogP contribution is 2.48. The maximum Gasteiger partial charge on any atom is 0.0744 e. The Morgan fingerprint density at radius 2 is 2.00 bits per heavy atom. The molecule has 4 heteroatoms. The highest BCUT2D eigenvalue weighted by molar-refractivity contribution is 5.06. The minimum absolute atomic E-state index is 0.0973. The maximum absolute atomic E-state index is 11.2. The monoisotopic (exact) mass is 254 g/mol. The number of hydrogen-bond donors (Lipinski definition) is 2. The lowest BCUT2D eigenvalue weighted by molar-refractivity contribution is -0.160. The Bertz CT molecular complexity index is 304. The average molecular weight is 254 g/mol. The fourth-order valence-corrected chi connectivity index (χ4v) is 4.34. The van der Waals surface area contributed by atoms with E-state index in [4.69, 9.17) is 10.5 Å². The summed E-state index contributed by atoms with van der Waals surface area (Å²) in [7, 11) is 0. The van der Waals surface area contributed by atoms with Gasteiger partial charge in [-0.25, -0.2) is 0 Å². The first kappa shape index (κ1) is 12.9. The first-order chi connectivity index (χ1) is 8.69. The van der Waals surface area contributed by atoms with Crippen molar-refractivity contribution in [2.45, 2.75) is 50.2 Å². The summed E-state index contributed by atoms with van der Waals surface area (Å²) in [5.41, 5.74) is 5.41. The molecule has 0 aliphatic carbocycles. The summed E-state index contributed by atoms with van der Waals surface area (Å²) in [5, 5.41) is 11.2. The summed E-state index contributed by atoms with van der Waals surface area (Å²) in [6.45, 7) is 4.38. The number of piperidine rings is 1. The Labute approximate surface area is 109 Å². The number of ether oxygens (including phenoxy) is 1. The second-order valence-corrected chi connectivity index (χ2v) is 6.41. The van der Waals surface area contributed by atoms with Gasteiger partial charge in [0.25, 0.3) is 0 Å². The molecule has 2 unspecified atom stereocenters. The third-order valence-corrected chi connectivity index (χ3v) is 5.71. The first-order valence-electron chi connectivity index (χ1n) is 7.43. The summed E-state index contributed by atoms with van der Waals surface area (Å²) in [6.07, 6.45) is 6.20. The number of aliphatic hydroxyl groups is 1. The molecule has 0 spiro atoms. The van der Waals surface area contributed by atoms with E-state index in [0.717, 1.165) is 45.4 Å². The van der Waals surface area contributed by atoms with Crippen molar-refractivity contribution in [1.82, 2.24) is 4.90 Å². The zero-order chi connectivity index (χ0) is 12.6. The normalized spacial score (nSPS) is 40.7. The molecule has 3 aliphatic rings. The van der Waals surface area contributed by atoms with Crippen LogP contribution in [0.3, 0.4) is 0 Å². The van der Waals surface area contributed by atoms with Crippen molar-refractivity contribution >= 4 is 0 Å². The molecular formula is C14H26N2O2. The van der Waals surface area contributed by atoms with Crippen molar-refractivity contribution in [3.8, 4) is 0 Å². The van der Waals surface area contributed by atoms with Gasteiger partial charge in [0, 0.05) is 37.8 Å². The van der Waals surface area contributed by atoms with Crippen molar-refractivity contribution in [2.24, 2.45) is 11.1 Å². The smallest absolute Gasteiger partial charge is 0.0744 e. The second-order valence-electron chi connectivity index (χ2n) is 6.41. The van der Waals surface area contributed by atoms with E-state index in [1.54, 1.807) is 0 Å². The molecule has 0 bridgehead atoms. The molecule has 3 fully saturated rings. The molecule has 0 amide bonds. The van der Waals surface area contributed by atoms with Crippen molar-refractivity contribution in [3.63, 3.8) is 0 Å². The maximum atomic E-state index is 11.2. The predicted molar refractivity (Wildman–Crippen MR) is 70.3 cm³/mol. The molecular weight excluding hydrogens is 228 g/mol. The zero-order valence-electron chi connectivity index (χ0n) is 11.2. The van der Waals surface area contributed by atoms with Crippen LogP contribution in [0.25, 0.3) is 0 Å². The van der Waals surface area contributed by atoms with Gasteiger partial charge in [0.15, 0.2) is 0 Å². The van der Waals surface area contributed by atoms with Crippen LogP contribution < -0.4 is 5.73 Å². The van der Waals surface area contributed by atoms with Crippen molar-refractivity contribution in [1.29, 1.82) is 0 Å². The number of fused-ring (bicyclic) bond motifs is 1. The fourth-order valence-electron chi connectivity index (χ4n) is 4.34. The van der Waals surface area contributed by atoms with Crippen LogP contribution in [-0.4, -0.2) is 54.5 Å². The lowest BCUT2D eigenvalue weighted by Gasteiger charge is -2.53. The van der Waals surface area contributed by atoms with Gasteiger partial charge in [-0.15, -0.1) is 0 Å². The topological polar surface area (TPSA) is 58.7 Å². The molecule has 0 saturated carbocycles. The molecule has 3 rings (SSSR count). The zero-order valence-corrected chi connectivity index (χ0v) is 11.2. The fraction of sp³-hybridized carbons (Fsp3) is 1.00. The van der Waals surface area contributed by atoms with Crippen LogP contribution in [-0.2, 0) is 4.74 Å². The lowest BCUT2D eigenvalue weighted by Crippen LogP contribution is -2.61. The Morgan fingerprint density at radius 1 is 1.22 bits per heavy atom. The van der Waals surface area contributed by atoms with Gasteiger partial charge in [-0.3, -0.25) is 0 Å². The molecule has 3 saturated heterocycles. The summed E-state index contributed by atoms with van der Waals surface area (Å²) in [4.78, 5) is 2.55. The Hall–Kier alpha value is -0.160. The van der Waals surface area contributed by atoms with Gasteiger partial charge in [-0.2, -0.15) is 0 Å². The van der Waals surface area contributed by atoms with E-state index in [0.29, 0.717) is 12.6 Å². The molecule has 4 nitrogen and oxygen atoms in total. The minimum atomic E-state index is -0.558. The van der Waals surface area contributed by atoms with Gasteiger partial charge in [0.2, 0.25) is 0 Å². The number of nitrogens with zero attached hydrogens (tertiary/aromatic N) is 1. The van der Waals surface area contributed by atoms with E-state index in [1.165, 1.54) is 19.4 Å². The van der Waals surface area contributed by atoms with Crippen LogP contribution in [0.4, 0.5) is 0 Å². The molecule has 3 aliphatic heterocycles. The average Bonchev–Trinajstić information content (AvgIpc) is 2.86. The van der Waals surface area contributed by atoms with Gasteiger partial charge in [-0.05, 0) is 45.1 Å². The first-order valence-corrected chi connectivity index (χ1v) is 7.43. The van der Waals surface area contributed by atoms with E-state index in [-0.39, 0.29) is 5.41 Å². The van der Waals surface area contributed by atoms with Crippen LogP contribution in [0, 0.1) is 5.41 Å². The SMILES string of the molecule is NCC1(C2(O)CCN3CCCC3C2)CCOCC1. The summed E-state index contributed by atoms with van der Waals surface area (Å²) < 4.78 is 5.47. The third kappa shape index (κ3) is 1.90. The van der Waals surface area contributed by atoms with E-state index < -0.39 is 5.60 Å². The lowest BCUT2D eigenvalue weighted by atomic mass is 9.62. The highest BCUT2D eigenvalue weighted by Gasteiger charge is 2.53. The number of hydrogen-bond acceptors (Lipinski definition) is 4. The van der Waals surface area contributed by atoms with E-state index in [1.807, 2.05) is 0 Å². The highest BCUT2D eigenvalue weighted by atomic mass is 16.5. The molecule has 0 radical (unpaired) electrons. The molecule has 3 N–H and O–H groups in total. The van der Waals surface area contributed by atoms with Crippen molar-refractivity contribution in [3.05, 3.63) is 0 Å². The van der Waals surface area contributed by atoms with Crippen LogP contribution in [0.1, 0.15) is 38.5 Å². The van der Waals surface area contributed by atoms with Crippen molar-refractivity contribution < 1.29 is 9.84 Å². The van der Waals surface area contributed by atoms with E-state index in [2.05, 4.69) is 4.90 Å². The van der Waals surface area contributed by atoms with Crippen LogP contribution >= 0.6 is 0 Å². The van der Waals surface area contributed by atoms with Crippen LogP contribution in [0.15, 0.2) is 0 Å². The predicted octanol–water partition coefficient (Wildman–Crippen LogP) is 0.731. The Balaban J connectivity index is 1.79. The van der Waals surface area contributed by atoms with Gasteiger partial charge >= 0.3 is 0 Å². The standard InChI is InChI=1S/C14H26N2O2/c15-11-13(4-8-18-9-5-13)14(17)3-7-16-6-1-2-12(16)10-14/h12,17H,1-11,15H2. The number of rotatable bonds is 2. The van der Waals surface area contributed by atoms with Crippen molar-refractivity contribution in [2.75, 3.05) is 32.8 Å². The van der Waals surface area contributed by atoms with Gasteiger partial charge in [0.05, 0.1) is 5.60 Å². The molecule has 0 aromatic carbocycles. The quantitative estimate of drug-likeness (QED) is 0.763. The second kappa shape index (κ2) is 4.75. The number of nitrogens with two attached hydrogens (primary N) is 1. The molecule has 18 heavy (non-hydrogen) atoms. The van der Waals surface area contributed by atoms with Gasteiger partial charge in [0.1, 0.15) is 0 Å². The van der Waals surface area contributed by atoms with Gasteiger partial charge in [-0.1, -0.05) is 0 Å². The largest absolute Gasteiger partial charge is 0.389 e. The molecule has 2 atom stereocenters. The third-order valence-electron chi connectivity index (χ3n) is 5.71. The van der Waals surface area contributed by atoms with Gasteiger partial charge < -0.3 is 20.5 Å². The minimum Gasteiger partial charge on any atom is -0.389 e. The molecule has 0 aromatic heterocycles. The van der Waals surface area contributed by atoms with Crippen LogP contribution in [0.5, 0.6) is 0 Å². The summed E-state index contributed by atoms with van der Waals surface area (Å²) in [5.74, 6) is 0. The van der Waals surface area contributed by atoms with Crippen LogP contribution in [0.2, 0.25) is 0 Å². The van der Waals surface area contributed by atoms with E-state index >= 15 is 0 Å². The molecule has 0 aromatic rings. The Kier molecular flexibility index (Phi) is 3.39. The summed E-state index contributed by atoms with van der Waals surface area (Å²) >= 11 is 0. The molecule has 3 heterocycles. The Morgan fingerprint density at radius 3 is 2.72 bits per heavy atom.